The minimum atomic E-state index is 0.218. The molecule has 3 nitrogen and oxygen atoms in total. The number of hydrogen-bond donors (Lipinski definition) is 0. The lowest BCUT2D eigenvalue weighted by Gasteiger charge is -1.97. The summed E-state index contributed by atoms with van der Waals surface area (Å²) in [6, 6.07) is 5.80. The largest absolute Gasteiger partial charge is 0.454 e. The van der Waals surface area contributed by atoms with Gasteiger partial charge < -0.3 is 14.3 Å². The number of benzene rings is 1. The van der Waals surface area contributed by atoms with Gasteiger partial charge in [0.05, 0.1) is 0 Å². The zero-order chi connectivity index (χ0) is 11.4. The average molecular weight is 218 g/mol. The molecule has 0 bridgehead atoms. The summed E-state index contributed by atoms with van der Waals surface area (Å²) in [6.07, 6.45) is 5.37. The van der Waals surface area contributed by atoms with Crippen LogP contribution in [-0.4, -0.2) is 12.6 Å². The van der Waals surface area contributed by atoms with Crippen molar-refractivity contribution in [2.45, 2.75) is 19.8 Å². The molecule has 0 radical (unpaired) electrons. The minimum Gasteiger partial charge on any atom is -0.454 e. The smallest absolute Gasteiger partial charge is 0.231 e. The standard InChI is InChI=1S/C13H14O3/c1-10(14)4-2-3-5-11-6-7-12-13(8-11)16-9-15-12/h3,5-8H,2,4,9H2,1H3/b5-3+. The zero-order valence-corrected chi connectivity index (χ0v) is 9.23. The highest BCUT2D eigenvalue weighted by Gasteiger charge is 2.11. The molecule has 1 aliphatic rings. The Balaban J connectivity index is 1.97. The molecule has 1 aromatic carbocycles. The number of ether oxygens (including phenoxy) is 2. The SMILES string of the molecule is CC(=O)CC/C=C/c1ccc2c(c1)OCO2. The van der Waals surface area contributed by atoms with E-state index in [1.54, 1.807) is 6.92 Å². The van der Waals surface area contributed by atoms with Gasteiger partial charge in [0.1, 0.15) is 5.78 Å². The highest BCUT2D eigenvalue weighted by Crippen LogP contribution is 2.32. The molecule has 1 heterocycles. The van der Waals surface area contributed by atoms with Crippen LogP contribution in [0.3, 0.4) is 0 Å². The molecule has 0 fully saturated rings. The summed E-state index contributed by atoms with van der Waals surface area (Å²) in [5, 5.41) is 0. The molecule has 0 N–H and O–H groups in total. The Morgan fingerprint density at radius 2 is 2.19 bits per heavy atom. The van der Waals surface area contributed by atoms with E-state index in [0.29, 0.717) is 13.2 Å². The molecule has 1 aliphatic heterocycles. The Hall–Kier alpha value is -1.77. The van der Waals surface area contributed by atoms with E-state index in [2.05, 4.69) is 0 Å². The van der Waals surface area contributed by atoms with Crippen LogP contribution in [0.2, 0.25) is 0 Å². The maximum absolute atomic E-state index is 10.7. The molecule has 0 spiro atoms. The lowest BCUT2D eigenvalue weighted by Crippen LogP contribution is -1.92. The van der Waals surface area contributed by atoms with Crippen molar-refractivity contribution in [3.63, 3.8) is 0 Å². The van der Waals surface area contributed by atoms with Gasteiger partial charge in [-0.2, -0.15) is 0 Å². The summed E-state index contributed by atoms with van der Waals surface area (Å²) in [4.78, 5) is 10.7. The molecule has 2 rings (SSSR count). The van der Waals surface area contributed by atoms with Crippen molar-refractivity contribution in [1.29, 1.82) is 0 Å². The molecule has 0 amide bonds. The first-order valence-corrected chi connectivity index (χ1v) is 5.31. The third-order valence-corrected chi connectivity index (χ3v) is 2.37. The summed E-state index contributed by atoms with van der Waals surface area (Å²) >= 11 is 0. The maximum atomic E-state index is 10.7. The fourth-order valence-corrected chi connectivity index (χ4v) is 1.52. The number of allylic oxidation sites excluding steroid dienone is 1. The Morgan fingerprint density at radius 3 is 3.00 bits per heavy atom. The van der Waals surface area contributed by atoms with Gasteiger partial charge in [0.25, 0.3) is 0 Å². The van der Waals surface area contributed by atoms with Crippen molar-refractivity contribution in [3.8, 4) is 11.5 Å². The second-order valence-corrected chi connectivity index (χ2v) is 3.76. The maximum Gasteiger partial charge on any atom is 0.231 e. The van der Waals surface area contributed by atoms with E-state index >= 15 is 0 Å². The topological polar surface area (TPSA) is 35.5 Å². The summed E-state index contributed by atoms with van der Waals surface area (Å²) in [6.45, 7) is 1.90. The fraction of sp³-hybridized carbons (Fsp3) is 0.308. The van der Waals surface area contributed by atoms with Gasteiger partial charge in [-0.25, -0.2) is 0 Å². The van der Waals surface area contributed by atoms with Gasteiger partial charge in [0.15, 0.2) is 11.5 Å². The van der Waals surface area contributed by atoms with Crippen LogP contribution in [0, 0.1) is 0 Å². The Kier molecular flexibility index (Phi) is 3.25. The lowest BCUT2D eigenvalue weighted by molar-refractivity contribution is -0.116. The van der Waals surface area contributed by atoms with Crippen LogP contribution in [0.15, 0.2) is 24.3 Å². The highest BCUT2D eigenvalue weighted by molar-refractivity contribution is 5.75. The molecule has 3 heteroatoms. The molecular formula is C13H14O3. The quantitative estimate of drug-likeness (QED) is 0.779. The average Bonchev–Trinajstić information content (AvgIpc) is 2.71. The number of carbonyl (C=O) groups excluding carboxylic acids is 1. The van der Waals surface area contributed by atoms with Crippen molar-refractivity contribution in [2.75, 3.05) is 6.79 Å². The number of rotatable bonds is 4. The van der Waals surface area contributed by atoms with Crippen LogP contribution in [0.5, 0.6) is 11.5 Å². The summed E-state index contributed by atoms with van der Waals surface area (Å²) in [5.41, 5.74) is 1.06. The van der Waals surface area contributed by atoms with Crippen molar-refractivity contribution < 1.29 is 14.3 Å². The van der Waals surface area contributed by atoms with Crippen LogP contribution in [0.25, 0.3) is 6.08 Å². The second kappa shape index (κ2) is 4.84. The predicted molar refractivity (Wildman–Crippen MR) is 61.5 cm³/mol. The summed E-state index contributed by atoms with van der Waals surface area (Å²) in [7, 11) is 0. The first kappa shape index (κ1) is 10.7. The van der Waals surface area contributed by atoms with E-state index in [1.165, 1.54) is 0 Å². The van der Waals surface area contributed by atoms with E-state index in [0.717, 1.165) is 23.5 Å². The van der Waals surface area contributed by atoms with Crippen LogP contribution >= 0.6 is 0 Å². The highest BCUT2D eigenvalue weighted by atomic mass is 16.7. The van der Waals surface area contributed by atoms with Crippen molar-refractivity contribution >= 4 is 11.9 Å². The van der Waals surface area contributed by atoms with Crippen LogP contribution < -0.4 is 9.47 Å². The molecule has 16 heavy (non-hydrogen) atoms. The lowest BCUT2D eigenvalue weighted by atomic mass is 10.1. The van der Waals surface area contributed by atoms with Gasteiger partial charge >= 0.3 is 0 Å². The van der Waals surface area contributed by atoms with E-state index in [-0.39, 0.29) is 5.78 Å². The van der Waals surface area contributed by atoms with Gasteiger partial charge in [-0.05, 0) is 31.0 Å². The van der Waals surface area contributed by atoms with Crippen molar-refractivity contribution in [3.05, 3.63) is 29.8 Å². The monoisotopic (exact) mass is 218 g/mol. The minimum absolute atomic E-state index is 0.218. The van der Waals surface area contributed by atoms with Crippen molar-refractivity contribution in [1.82, 2.24) is 0 Å². The normalized spacial score (nSPS) is 13.3. The van der Waals surface area contributed by atoms with Gasteiger partial charge in [0.2, 0.25) is 6.79 Å². The number of Topliss-reactive ketones (excluding diaryl/α,β-unsaturated/α-hetero) is 1. The molecule has 0 unspecified atom stereocenters. The Labute approximate surface area is 94.7 Å². The van der Waals surface area contributed by atoms with Crippen LogP contribution in [-0.2, 0) is 4.79 Å². The third-order valence-electron chi connectivity index (χ3n) is 2.37. The van der Waals surface area contributed by atoms with Gasteiger partial charge in [-0.1, -0.05) is 18.2 Å². The molecular weight excluding hydrogens is 204 g/mol. The molecule has 0 aromatic heterocycles. The molecule has 0 aliphatic carbocycles. The number of hydrogen-bond acceptors (Lipinski definition) is 3. The number of fused-ring (bicyclic) bond motifs is 1. The fourth-order valence-electron chi connectivity index (χ4n) is 1.52. The first-order valence-electron chi connectivity index (χ1n) is 5.31. The molecule has 0 atom stereocenters. The van der Waals surface area contributed by atoms with Gasteiger partial charge in [-0.15, -0.1) is 0 Å². The predicted octanol–water partition coefficient (Wildman–Crippen LogP) is 2.80. The third kappa shape index (κ3) is 2.63. The number of carbonyl (C=O) groups is 1. The van der Waals surface area contributed by atoms with Crippen LogP contribution in [0.1, 0.15) is 25.3 Å². The second-order valence-electron chi connectivity index (χ2n) is 3.76. The Bertz CT molecular complexity index is 421. The van der Waals surface area contributed by atoms with Crippen molar-refractivity contribution in [2.24, 2.45) is 0 Å². The molecule has 0 saturated heterocycles. The van der Waals surface area contributed by atoms with Gasteiger partial charge in [-0.3, -0.25) is 0 Å². The summed E-state index contributed by atoms with van der Waals surface area (Å²) in [5.74, 6) is 1.80. The molecule has 0 saturated carbocycles. The van der Waals surface area contributed by atoms with E-state index in [4.69, 9.17) is 9.47 Å². The van der Waals surface area contributed by atoms with E-state index in [9.17, 15) is 4.79 Å². The van der Waals surface area contributed by atoms with Crippen LogP contribution in [0.4, 0.5) is 0 Å². The van der Waals surface area contributed by atoms with Gasteiger partial charge in [0, 0.05) is 6.42 Å². The van der Waals surface area contributed by atoms with E-state index < -0.39 is 0 Å². The number of ketones is 1. The summed E-state index contributed by atoms with van der Waals surface area (Å²) < 4.78 is 10.5. The first-order chi connectivity index (χ1) is 7.75. The zero-order valence-electron chi connectivity index (χ0n) is 9.23. The van der Waals surface area contributed by atoms with E-state index in [1.807, 2.05) is 30.4 Å². The molecule has 1 aromatic rings. The molecule has 84 valence electrons. The Morgan fingerprint density at radius 1 is 1.38 bits per heavy atom.